The van der Waals surface area contributed by atoms with Gasteiger partial charge in [-0.15, -0.1) is 0 Å². The maximum absolute atomic E-state index is 10.3. The van der Waals surface area contributed by atoms with Crippen LogP contribution in [0.2, 0.25) is 0 Å². The largest absolute Gasteiger partial charge is 0.545 e. The van der Waals surface area contributed by atoms with E-state index in [-0.39, 0.29) is 11.1 Å². The second-order valence-electron chi connectivity index (χ2n) is 8.37. The van der Waals surface area contributed by atoms with Gasteiger partial charge < -0.3 is 19.5 Å². The third kappa shape index (κ3) is 15.2. The van der Waals surface area contributed by atoms with Gasteiger partial charge in [-0.3, -0.25) is 0 Å². The molecule has 0 heterocycles. The highest BCUT2D eigenvalue weighted by molar-refractivity contribution is 5.90. The van der Waals surface area contributed by atoms with Gasteiger partial charge in [-0.1, -0.05) is 70.4 Å². The number of carboxylic acid groups (broad SMARTS) is 2. The van der Waals surface area contributed by atoms with E-state index in [0.717, 1.165) is 4.48 Å². The molecule has 0 aliphatic rings. The highest BCUT2D eigenvalue weighted by Gasteiger charge is 2.05. The highest BCUT2D eigenvalue weighted by atomic mass is 16.4. The fraction of sp³-hybridized carbons (Fsp3) is 0.652. The molecule has 1 N–H and O–H groups in total. The Balaban J connectivity index is 0.000000540. The van der Waals surface area contributed by atoms with E-state index < -0.39 is 11.9 Å². The first-order chi connectivity index (χ1) is 13.2. The second kappa shape index (κ2) is 15.1. The molecule has 5 nitrogen and oxygen atoms in total. The van der Waals surface area contributed by atoms with Crippen molar-refractivity contribution in [1.29, 1.82) is 0 Å². The zero-order valence-corrected chi connectivity index (χ0v) is 18.2. The quantitative estimate of drug-likeness (QED) is 0.399. The maximum atomic E-state index is 10.3. The van der Waals surface area contributed by atoms with Gasteiger partial charge >= 0.3 is 5.97 Å². The topological polar surface area (TPSA) is 77.4 Å². The van der Waals surface area contributed by atoms with Gasteiger partial charge in [0, 0.05) is 0 Å². The number of benzene rings is 1. The van der Waals surface area contributed by atoms with Crippen molar-refractivity contribution in [3.05, 3.63) is 35.4 Å². The Bertz CT molecular complexity index is 514. The highest BCUT2D eigenvalue weighted by Crippen LogP contribution is 2.11. The van der Waals surface area contributed by atoms with E-state index in [1.165, 1.54) is 95.0 Å². The lowest BCUT2D eigenvalue weighted by molar-refractivity contribution is -0.870. The summed E-state index contributed by atoms with van der Waals surface area (Å²) < 4.78 is 1.12. The number of aromatic carboxylic acids is 2. The van der Waals surface area contributed by atoms with Crippen LogP contribution in [-0.2, 0) is 0 Å². The molecule has 0 bridgehead atoms. The molecule has 0 radical (unpaired) electrons. The zero-order valence-electron chi connectivity index (χ0n) is 18.2. The Morgan fingerprint density at radius 3 is 1.54 bits per heavy atom. The molecule has 0 unspecified atom stereocenters. The van der Waals surface area contributed by atoms with E-state index in [1.807, 2.05) is 0 Å². The first kappa shape index (κ1) is 26.1. The average Bonchev–Trinajstić information content (AvgIpc) is 2.63. The smallest absolute Gasteiger partial charge is 0.335 e. The van der Waals surface area contributed by atoms with E-state index in [4.69, 9.17) is 5.11 Å². The Morgan fingerprint density at radius 2 is 1.18 bits per heavy atom. The van der Waals surface area contributed by atoms with Crippen molar-refractivity contribution in [2.75, 3.05) is 27.7 Å². The number of rotatable bonds is 13. The predicted molar refractivity (Wildman–Crippen MR) is 112 cm³/mol. The number of hydrogen-bond donors (Lipinski definition) is 1. The lowest BCUT2D eigenvalue weighted by atomic mass is 10.1. The molecular weight excluding hydrogens is 354 g/mol. The minimum atomic E-state index is -1.31. The standard InChI is InChI=1S/C15H34N.C8H6O4/c1-5-6-7-8-9-10-11-12-13-14-15-16(2,3)4;9-7(10)5-1-2-6(4-3-5)8(11)12/h5-15H2,1-4H3;1-4H,(H,9,10)(H,11,12)/q+1;/p-1. The molecule has 0 aliphatic heterocycles. The second-order valence-corrected chi connectivity index (χ2v) is 8.37. The summed E-state index contributed by atoms with van der Waals surface area (Å²) in [4.78, 5) is 20.5. The molecule has 0 aromatic heterocycles. The SMILES string of the molecule is CCCCCCCCCCCC[N+](C)(C)C.O=C([O-])c1ccc(C(=O)O)cc1. The van der Waals surface area contributed by atoms with Crippen molar-refractivity contribution in [2.24, 2.45) is 0 Å². The third-order valence-electron chi connectivity index (χ3n) is 4.55. The molecule has 0 spiro atoms. The summed E-state index contributed by atoms with van der Waals surface area (Å²) in [7, 11) is 6.86. The lowest BCUT2D eigenvalue weighted by Gasteiger charge is -2.23. The number of quaternary nitrogens is 1. The van der Waals surface area contributed by atoms with Gasteiger partial charge in [0.05, 0.1) is 39.2 Å². The number of carbonyl (C=O) groups excluding carboxylic acids is 1. The molecule has 0 fully saturated rings. The summed E-state index contributed by atoms with van der Waals surface area (Å²) in [5.74, 6) is -2.40. The van der Waals surface area contributed by atoms with Gasteiger partial charge in [-0.05, 0) is 30.5 Å². The number of hydrogen-bond acceptors (Lipinski definition) is 3. The van der Waals surface area contributed by atoms with E-state index in [9.17, 15) is 14.7 Å². The van der Waals surface area contributed by atoms with E-state index in [1.54, 1.807) is 0 Å². The molecule has 0 atom stereocenters. The Kier molecular flexibility index (Phi) is 14.1. The van der Waals surface area contributed by atoms with Crippen LogP contribution in [0.4, 0.5) is 0 Å². The van der Waals surface area contributed by atoms with Crippen LogP contribution < -0.4 is 5.11 Å². The number of carboxylic acids is 2. The molecule has 0 amide bonds. The van der Waals surface area contributed by atoms with Crippen molar-refractivity contribution >= 4 is 11.9 Å². The third-order valence-corrected chi connectivity index (χ3v) is 4.55. The Hall–Kier alpha value is -1.88. The van der Waals surface area contributed by atoms with Gasteiger partial charge in [-0.2, -0.15) is 0 Å². The molecule has 0 aliphatic carbocycles. The lowest BCUT2D eigenvalue weighted by Crippen LogP contribution is -2.35. The Morgan fingerprint density at radius 1 is 0.786 bits per heavy atom. The van der Waals surface area contributed by atoms with Crippen LogP contribution in [0.3, 0.4) is 0 Å². The fourth-order valence-corrected chi connectivity index (χ4v) is 2.82. The molecular formula is C23H39NO4. The summed E-state index contributed by atoms with van der Waals surface area (Å²) in [6.45, 7) is 3.62. The first-order valence-electron chi connectivity index (χ1n) is 10.5. The van der Waals surface area contributed by atoms with Crippen LogP contribution in [0.15, 0.2) is 24.3 Å². The number of carbonyl (C=O) groups is 2. The summed E-state index contributed by atoms with van der Waals surface area (Å²) in [6.07, 6.45) is 14.4. The summed E-state index contributed by atoms with van der Waals surface area (Å²) in [6, 6.07) is 4.82. The van der Waals surface area contributed by atoms with Gasteiger partial charge in [0.1, 0.15) is 0 Å². The van der Waals surface area contributed by atoms with Crippen molar-refractivity contribution in [3.8, 4) is 0 Å². The van der Waals surface area contributed by atoms with Gasteiger partial charge in [0.15, 0.2) is 0 Å². The molecule has 28 heavy (non-hydrogen) atoms. The average molecular weight is 394 g/mol. The minimum Gasteiger partial charge on any atom is -0.545 e. The van der Waals surface area contributed by atoms with Crippen molar-refractivity contribution in [2.45, 2.75) is 71.1 Å². The molecule has 0 saturated carbocycles. The number of unbranched alkanes of at least 4 members (excludes halogenated alkanes) is 9. The number of nitrogens with zero attached hydrogens (tertiary/aromatic N) is 1. The molecule has 1 aromatic rings. The fourth-order valence-electron chi connectivity index (χ4n) is 2.82. The molecule has 1 rings (SSSR count). The molecule has 0 saturated heterocycles. The first-order valence-corrected chi connectivity index (χ1v) is 10.5. The van der Waals surface area contributed by atoms with E-state index in [2.05, 4.69) is 28.1 Å². The maximum Gasteiger partial charge on any atom is 0.335 e. The summed E-state index contributed by atoms with van der Waals surface area (Å²) in [5, 5.41) is 18.7. The Labute approximate surface area is 171 Å². The zero-order chi connectivity index (χ0) is 21.4. The van der Waals surface area contributed by atoms with Crippen molar-refractivity contribution < 1.29 is 24.3 Å². The molecule has 160 valence electrons. The van der Waals surface area contributed by atoms with Crippen LogP contribution in [-0.4, -0.2) is 49.2 Å². The summed E-state index contributed by atoms with van der Waals surface area (Å²) in [5.41, 5.74) is 0.0278. The molecule has 5 heteroatoms. The van der Waals surface area contributed by atoms with E-state index in [0.29, 0.717) is 0 Å². The van der Waals surface area contributed by atoms with Gasteiger partial charge in [0.2, 0.25) is 0 Å². The summed E-state index contributed by atoms with van der Waals surface area (Å²) >= 11 is 0. The van der Waals surface area contributed by atoms with Crippen LogP contribution in [0.25, 0.3) is 0 Å². The van der Waals surface area contributed by atoms with Crippen LogP contribution >= 0.6 is 0 Å². The van der Waals surface area contributed by atoms with E-state index >= 15 is 0 Å². The van der Waals surface area contributed by atoms with Crippen LogP contribution in [0.1, 0.15) is 91.8 Å². The van der Waals surface area contributed by atoms with Crippen molar-refractivity contribution in [1.82, 2.24) is 0 Å². The minimum absolute atomic E-state index is 0.0278. The van der Waals surface area contributed by atoms with Crippen molar-refractivity contribution in [3.63, 3.8) is 0 Å². The van der Waals surface area contributed by atoms with Crippen LogP contribution in [0.5, 0.6) is 0 Å². The monoisotopic (exact) mass is 393 g/mol. The van der Waals surface area contributed by atoms with Gasteiger partial charge in [0.25, 0.3) is 0 Å². The van der Waals surface area contributed by atoms with Crippen LogP contribution in [0, 0.1) is 0 Å². The normalized spacial score (nSPS) is 10.9. The molecule has 1 aromatic carbocycles. The van der Waals surface area contributed by atoms with Gasteiger partial charge in [-0.25, -0.2) is 4.79 Å². The predicted octanol–water partition coefficient (Wildman–Crippen LogP) is 4.36.